The minimum Gasteiger partial charge on any atom is -0.505 e. The summed E-state index contributed by atoms with van der Waals surface area (Å²) in [6.07, 6.45) is 0. The van der Waals surface area contributed by atoms with Crippen LogP contribution < -0.4 is 9.47 Å². The zero-order valence-corrected chi connectivity index (χ0v) is 30.1. The van der Waals surface area contributed by atoms with Crippen LogP contribution in [0.4, 0.5) is 22.7 Å². The molecule has 0 spiro atoms. The van der Waals surface area contributed by atoms with Gasteiger partial charge in [-0.2, -0.15) is 25.3 Å². The second-order valence-corrected chi connectivity index (χ2v) is 15.5. The van der Waals surface area contributed by atoms with Gasteiger partial charge in [-0.25, -0.2) is 0 Å². The van der Waals surface area contributed by atoms with Gasteiger partial charge in [-0.1, -0.05) is 42.5 Å². The number of phenols is 2. The van der Waals surface area contributed by atoms with Crippen molar-refractivity contribution in [1.82, 2.24) is 0 Å². The van der Waals surface area contributed by atoms with Crippen molar-refractivity contribution in [3.05, 3.63) is 91.0 Å². The molecule has 17 nitrogen and oxygen atoms in total. The third-order valence-electron chi connectivity index (χ3n) is 8.05. The average molecular weight is 795 g/mol. The Hall–Kier alpha value is -6.03. The summed E-state index contributed by atoms with van der Waals surface area (Å²) in [4.78, 5) is -2.02. The van der Waals surface area contributed by atoms with E-state index in [4.69, 9.17) is 9.47 Å². The van der Waals surface area contributed by atoms with Gasteiger partial charge in [0.05, 0.1) is 19.1 Å². The quantitative estimate of drug-likeness (QED) is 0.0659. The van der Waals surface area contributed by atoms with Crippen molar-refractivity contribution in [3.8, 4) is 34.1 Å². The molecule has 5 N–H and O–H groups in total. The summed E-state index contributed by atoms with van der Waals surface area (Å²) in [6, 6.07) is 20.4. The number of hydrogen-bond donors (Lipinski definition) is 5. The van der Waals surface area contributed by atoms with Gasteiger partial charge in [0, 0.05) is 16.2 Å². The SMILES string of the molecule is COc1cc(-c2ccc(N=Nc3c(O)c(S(=O)(=O)O)cc4cc(S(=O)(=O)O)ccc34)c(OC)c2)ccc1N=Nc1cc(S(=O)(=O)O)c2ccccc2c1O. The Kier molecular flexibility index (Phi) is 9.83. The zero-order chi connectivity index (χ0) is 39.2. The highest BCUT2D eigenvalue weighted by atomic mass is 32.2. The molecule has 0 aliphatic heterocycles. The van der Waals surface area contributed by atoms with Crippen LogP contribution in [0, 0.1) is 0 Å². The number of hydrogen-bond acceptors (Lipinski definition) is 14. The molecule has 0 unspecified atom stereocenters. The van der Waals surface area contributed by atoms with E-state index in [2.05, 4.69) is 20.5 Å². The third-order valence-corrected chi connectivity index (χ3v) is 10.7. The molecule has 6 aromatic carbocycles. The van der Waals surface area contributed by atoms with Gasteiger partial charge in [-0.05, 0) is 65.0 Å². The number of benzene rings is 6. The Morgan fingerprint density at radius 3 is 1.57 bits per heavy atom. The van der Waals surface area contributed by atoms with Crippen LogP contribution in [-0.4, -0.2) is 63.3 Å². The fourth-order valence-electron chi connectivity index (χ4n) is 5.48. The molecule has 0 atom stereocenters. The molecule has 0 fully saturated rings. The average Bonchev–Trinajstić information content (AvgIpc) is 3.12. The van der Waals surface area contributed by atoms with Crippen molar-refractivity contribution in [2.24, 2.45) is 20.5 Å². The van der Waals surface area contributed by atoms with Gasteiger partial charge in [0.25, 0.3) is 30.4 Å². The fraction of sp³-hybridized carbons (Fsp3) is 0.0588. The first-order valence-electron chi connectivity index (χ1n) is 15.1. The molecule has 0 saturated carbocycles. The zero-order valence-electron chi connectivity index (χ0n) is 27.7. The molecule has 0 amide bonds. The first-order valence-corrected chi connectivity index (χ1v) is 19.4. The van der Waals surface area contributed by atoms with E-state index >= 15 is 0 Å². The molecule has 0 saturated heterocycles. The molecular formula is C34H26N4O13S3. The maximum atomic E-state index is 12.1. The van der Waals surface area contributed by atoms with Crippen LogP contribution in [0.25, 0.3) is 32.7 Å². The summed E-state index contributed by atoms with van der Waals surface area (Å²) in [6.45, 7) is 0. The predicted octanol–water partition coefficient (Wildman–Crippen LogP) is 7.66. The van der Waals surface area contributed by atoms with Crippen molar-refractivity contribution >= 4 is 74.6 Å². The van der Waals surface area contributed by atoms with Crippen molar-refractivity contribution in [2.45, 2.75) is 14.7 Å². The highest BCUT2D eigenvalue weighted by molar-refractivity contribution is 7.86. The van der Waals surface area contributed by atoms with Crippen molar-refractivity contribution in [1.29, 1.82) is 0 Å². The summed E-state index contributed by atoms with van der Waals surface area (Å²) in [5.74, 6) is -0.929. The lowest BCUT2D eigenvalue weighted by Gasteiger charge is -2.11. The van der Waals surface area contributed by atoms with Crippen molar-refractivity contribution in [2.75, 3.05) is 14.2 Å². The monoisotopic (exact) mass is 794 g/mol. The molecule has 0 aliphatic carbocycles. The van der Waals surface area contributed by atoms with E-state index < -0.39 is 56.5 Å². The van der Waals surface area contributed by atoms with Gasteiger partial charge in [0.15, 0.2) is 11.5 Å². The number of azo groups is 2. The van der Waals surface area contributed by atoms with Crippen LogP contribution in [0.15, 0.2) is 126 Å². The van der Waals surface area contributed by atoms with Crippen LogP contribution in [0.2, 0.25) is 0 Å². The van der Waals surface area contributed by atoms with Crippen LogP contribution >= 0.6 is 0 Å². The lowest BCUT2D eigenvalue weighted by Crippen LogP contribution is -2.00. The molecular weight excluding hydrogens is 769 g/mol. The van der Waals surface area contributed by atoms with Gasteiger partial charge in [0.1, 0.15) is 44.0 Å². The number of fused-ring (bicyclic) bond motifs is 2. The van der Waals surface area contributed by atoms with E-state index in [0.29, 0.717) is 11.1 Å². The summed E-state index contributed by atoms with van der Waals surface area (Å²) in [7, 11) is -11.7. The maximum Gasteiger partial charge on any atom is 0.298 e. The lowest BCUT2D eigenvalue weighted by atomic mass is 10.0. The van der Waals surface area contributed by atoms with Gasteiger partial charge in [0.2, 0.25) is 0 Å². The number of ether oxygens (including phenoxy) is 2. The van der Waals surface area contributed by atoms with E-state index in [-0.39, 0.29) is 55.9 Å². The summed E-state index contributed by atoms with van der Waals surface area (Å²) in [5.41, 5.74) is 0.815. The second-order valence-electron chi connectivity index (χ2n) is 11.3. The number of nitrogens with zero attached hydrogens (tertiary/aromatic N) is 4. The van der Waals surface area contributed by atoms with Gasteiger partial charge in [-0.15, -0.1) is 20.5 Å². The highest BCUT2D eigenvalue weighted by Crippen LogP contribution is 2.44. The van der Waals surface area contributed by atoms with Crippen LogP contribution in [-0.2, 0) is 30.4 Å². The van der Waals surface area contributed by atoms with Gasteiger partial charge >= 0.3 is 0 Å². The second kappa shape index (κ2) is 14.1. The van der Waals surface area contributed by atoms with E-state index in [1.807, 2.05) is 0 Å². The number of rotatable bonds is 10. The molecule has 0 aliphatic rings. The Balaban J connectivity index is 1.35. The van der Waals surface area contributed by atoms with E-state index in [0.717, 1.165) is 24.3 Å². The van der Waals surface area contributed by atoms with Gasteiger partial charge < -0.3 is 19.7 Å². The van der Waals surface area contributed by atoms with Crippen LogP contribution in [0.1, 0.15) is 0 Å². The normalized spacial score (nSPS) is 12.6. The first kappa shape index (κ1) is 37.7. The minimum absolute atomic E-state index is 0.0330. The summed E-state index contributed by atoms with van der Waals surface area (Å²) < 4.78 is 111. The molecule has 6 aromatic rings. The number of methoxy groups -OCH3 is 2. The predicted molar refractivity (Wildman–Crippen MR) is 194 cm³/mol. The Morgan fingerprint density at radius 1 is 0.500 bits per heavy atom. The molecule has 0 bridgehead atoms. The van der Waals surface area contributed by atoms with Crippen molar-refractivity contribution in [3.63, 3.8) is 0 Å². The smallest absolute Gasteiger partial charge is 0.298 e. The minimum atomic E-state index is -5.03. The fourth-order valence-corrected chi connectivity index (χ4v) is 7.33. The molecule has 20 heteroatoms. The Morgan fingerprint density at radius 2 is 1.04 bits per heavy atom. The standard InChI is InChI=1S/C34H26N4O13S3/c1-50-28-14-18(7-11-25(28)35-37-27-17-30(53(44,45)46)23-5-3-4-6-24(23)33(27)39)19-8-12-26(29(15-19)51-2)36-38-32-22-10-9-21(52(41,42)43)13-20(22)16-31(34(32)40)54(47,48)49/h3-17,39-40H,1-2H3,(H,41,42,43)(H,44,45,46)(H,47,48,49). The first-order chi connectivity index (χ1) is 25.4. The molecule has 6 rings (SSSR count). The molecule has 54 heavy (non-hydrogen) atoms. The molecule has 0 radical (unpaired) electrons. The number of phenolic OH excluding ortho intramolecular Hbond substituents is 2. The van der Waals surface area contributed by atoms with Gasteiger partial charge in [-0.3, -0.25) is 13.7 Å². The highest BCUT2D eigenvalue weighted by Gasteiger charge is 2.24. The summed E-state index contributed by atoms with van der Waals surface area (Å²) >= 11 is 0. The van der Waals surface area contributed by atoms with Crippen LogP contribution in [0.3, 0.4) is 0 Å². The topological polar surface area (TPSA) is 271 Å². The van der Waals surface area contributed by atoms with E-state index in [1.54, 1.807) is 42.5 Å². The Labute approximate surface area is 306 Å². The molecule has 278 valence electrons. The largest absolute Gasteiger partial charge is 0.505 e. The Bertz CT molecular complexity index is 2920. The third kappa shape index (κ3) is 7.42. The molecule has 0 heterocycles. The van der Waals surface area contributed by atoms with E-state index in [1.165, 1.54) is 38.5 Å². The van der Waals surface area contributed by atoms with E-state index in [9.17, 15) is 49.1 Å². The van der Waals surface area contributed by atoms with Crippen LogP contribution in [0.5, 0.6) is 23.0 Å². The molecule has 0 aromatic heterocycles. The maximum absolute atomic E-state index is 12.1. The summed E-state index contributed by atoms with van der Waals surface area (Å²) in [5, 5.41) is 38.0. The number of aromatic hydroxyl groups is 2. The lowest BCUT2D eigenvalue weighted by molar-refractivity contribution is 0.415. The van der Waals surface area contributed by atoms with Crippen molar-refractivity contribution < 1.29 is 58.6 Å².